The molecular formula is C9H19Br2NO2S. The second-order valence-electron chi connectivity index (χ2n) is 4.62. The average Bonchev–Trinajstić information content (AvgIpc) is 2.12. The summed E-state index contributed by atoms with van der Waals surface area (Å²) in [5, 5.41) is 1.19. The first-order chi connectivity index (χ1) is 6.64. The van der Waals surface area contributed by atoms with Gasteiger partial charge in [0.25, 0.3) is 0 Å². The van der Waals surface area contributed by atoms with Gasteiger partial charge in [0.2, 0.25) is 10.0 Å². The molecule has 0 bridgehead atoms. The Bertz CT molecular complexity index is 283. The molecule has 0 rings (SSSR count). The number of alkyl halides is 2. The smallest absolute Gasteiger partial charge is 0.212 e. The summed E-state index contributed by atoms with van der Waals surface area (Å²) in [4.78, 5) is 0. The molecule has 0 saturated carbocycles. The van der Waals surface area contributed by atoms with Gasteiger partial charge in [0.1, 0.15) is 0 Å². The van der Waals surface area contributed by atoms with Crippen molar-refractivity contribution >= 4 is 41.9 Å². The molecule has 0 saturated heterocycles. The van der Waals surface area contributed by atoms with Crippen molar-refractivity contribution in [1.82, 2.24) is 4.72 Å². The maximum absolute atomic E-state index is 12.0. The molecule has 0 unspecified atom stereocenters. The maximum Gasteiger partial charge on any atom is 0.217 e. The molecule has 0 aromatic heterocycles. The average molecular weight is 365 g/mol. The van der Waals surface area contributed by atoms with Gasteiger partial charge in [-0.1, -0.05) is 38.8 Å². The summed E-state index contributed by atoms with van der Waals surface area (Å²) in [6.45, 7) is 7.04. The van der Waals surface area contributed by atoms with Crippen molar-refractivity contribution in [2.24, 2.45) is 0 Å². The summed E-state index contributed by atoms with van der Waals surface area (Å²) in [7, 11) is -3.30. The van der Waals surface area contributed by atoms with E-state index in [4.69, 9.17) is 0 Å². The Morgan fingerprint density at radius 1 is 1.13 bits per heavy atom. The Morgan fingerprint density at radius 2 is 1.53 bits per heavy atom. The van der Waals surface area contributed by atoms with Gasteiger partial charge in [-0.05, 0) is 27.2 Å². The topological polar surface area (TPSA) is 46.2 Å². The van der Waals surface area contributed by atoms with E-state index in [-0.39, 0.29) is 0 Å². The third kappa shape index (κ3) is 3.98. The van der Waals surface area contributed by atoms with Crippen molar-refractivity contribution in [3.63, 3.8) is 0 Å². The molecular weight excluding hydrogens is 346 g/mol. The number of hydrogen-bond donors (Lipinski definition) is 1. The van der Waals surface area contributed by atoms with Crippen LogP contribution in [0.5, 0.6) is 0 Å². The summed E-state index contributed by atoms with van der Waals surface area (Å²) >= 11 is 6.71. The zero-order valence-electron chi connectivity index (χ0n) is 9.60. The van der Waals surface area contributed by atoms with Gasteiger partial charge in [-0.25, -0.2) is 13.1 Å². The van der Waals surface area contributed by atoms with Crippen LogP contribution in [0.15, 0.2) is 0 Å². The van der Waals surface area contributed by atoms with E-state index in [1.165, 1.54) is 0 Å². The highest BCUT2D eigenvalue weighted by Gasteiger charge is 2.37. The molecule has 6 heteroatoms. The Balaban J connectivity index is 5.00. The van der Waals surface area contributed by atoms with E-state index in [2.05, 4.69) is 36.6 Å². The van der Waals surface area contributed by atoms with Gasteiger partial charge in [0.15, 0.2) is 0 Å². The fourth-order valence-corrected chi connectivity index (χ4v) is 4.33. The summed E-state index contributed by atoms with van der Waals surface area (Å²) in [6.07, 6.45) is 0.735. The van der Waals surface area contributed by atoms with E-state index in [0.717, 1.165) is 6.42 Å². The SMILES string of the molecule is CCC(CBr)(CBr)NS(=O)(=O)C(C)(C)C. The predicted molar refractivity (Wildman–Crippen MR) is 72.4 cm³/mol. The van der Waals surface area contributed by atoms with E-state index in [1.807, 2.05) is 6.92 Å². The Morgan fingerprint density at radius 3 is 1.73 bits per heavy atom. The van der Waals surface area contributed by atoms with Crippen LogP contribution in [0, 0.1) is 0 Å². The second-order valence-corrected chi connectivity index (χ2v) is 8.18. The van der Waals surface area contributed by atoms with Gasteiger partial charge in [0.05, 0.1) is 10.3 Å². The largest absolute Gasteiger partial charge is 0.217 e. The fourth-order valence-electron chi connectivity index (χ4n) is 0.790. The summed E-state index contributed by atoms with van der Waals surface area (Å²) in [6, 6.07) is 0. The molecule has 0 fully saturated rings. The lowest BCUT2D eigenvalue weighted by atomic mass is 10.0. The molecule has 3 nitrogen and oxygen atoms in total. The van der Waals surface area contributed by atoms with Crippen molar-refractivity contribution in [3.8, 4) is 0 Å². The van der Waals surface area contributed by atoms with Crippen molar-refractivity contribution in [2.75, 3.05) is 10.7 Å². The minimum Gasteiger partial charge on any atom is -0.212 e. The Labute approximate surface area is 110 Å². The first-order valence-corrected chi connectivity index (χ1v) is 8.52. The molecule has 1 N–H and O–H groups in total. The van der Waals surface area contributed by atoms with Crippen molar-refractivity contribution in [1.29, 1.82) is 0 Å². The molecule has 0 radical (unpaired) electrons. The highest BCUT2D eigenvalue weighted by molar-refractivity contribution is 9.09. The lowest BCUT2D eigenvalue weighted by molar-refractivity contribution is 0.447. The highest BCUT2D eigenvalue weighted by Crippen LogP contribution is 2.22. The number of hydrogen-bond acceptors (Lipinski definition) is 2. The number of sulfonamides is 1. The lowest BCUT2D eigenvalue weighted by Crippen LogP contribution is -2.55. The van der Waals surface area contributed by atoms with Crippen LogP contribution in [-0.4, -0.2) is 29.4 Å². The van der Waals surface area contributed by atoms with Gasteiger partial charge in [-0.2, -0.15) is 0 Å². The molecule has 15 heavy (non-hydrogen) atoms. The summed E-state index contributed by atoms with van der Waals surface area (Å²) in [5.74, 6) is 0. The molecule has 0 aromatic rings. The fraction of sp³-hybridized carbons (Fsp3) is 1.00. The zero-order chi connectivity index (χ0) is 12.3. The molecule has 0 atom stereocenters. The van der Waals surface area contributed by atoms with Crippen LogP contribution in [0.4, 0.5) is 0 Å². The quantitative estimate of drug-likeness (QED) is 0.762. The van der Waals surface area contributed by atoms with Crippen LogP contribution in [0.1, 0.15) is 34.1 Å². The molecule has 0 amide bonds. The number of nitrogens with one attached hydrogen (secondary N) is 1. The van der Waals surface area contributed by atoms with Gasteiger partial charge >= 0.3 is 0 Å². The number of rotatable bonds is 5. The third-order valence-corrected chi connectivity index (χ3v) is 6.81. The van der Waals surface area contributed by atoms with E-state index >= 15 is 0 Å². The zero-order valence-corrected chi connectivity index (χ0v) is 13.6. The summed E-state index contributed by atoms with van der Waals surface area (Å²) in [5.41, 5.74) is -0.438. The molecule has 0 aromatic carbocycles. The van der Waals surface area contributed by atoms with E-state index < -0.39 is 20.3 Å². The van der Waals surface area contributed by atoms with Crippen molar-refractivity contribution in [2.45, 2.75) is 44.4 Å². The van der Waals surface area contributed by atoms with Crippen LogP contribution in [0.25, 0.3) is 0 Å². The van der Waals surface area contributed by atoms with E-state index in [9.17, 15) is 8.42 Å². The lowest BCUT2D eigenvalue weighted by Gasteiger charge is -2.33. The molecule has 0 aliphatic carbocycles. The first kappa shape index (κ1) is 15.9. The minimum absolute atomic E-state index is 0.438. The maximum atomic E-state index is 12.0. The standard InChI is InChI=1S/C9H19Br2NO2S/c1-5-9(6-10,7-11)12-15(13,14)8(2,3)4/h12H,5-7H2,1-4H3. The molecule has 0 aliphatic rings. The molecule has 92 valence electrons. The van der Waals surface area contributed by atoms with Crippen LogP contribution in [-0.2, 0) is 10.0 Å². The Hall–Kier alpha value is 0.870. The van der Waals surface area contributed by atoms with Gasteiger partial charge in [-0.3, -0.25) is 0 Å². The van der Waals surface area contributed by atoms with Gasteiger partial charge in [-0.15, -0.1) is 0 Å². The molecule has 0 spiro atoms. The summed E-state index contributed by atoms with van der Waals surface area (Å²) < 4.78 is 26.0. The van der Waals surface area contributed by atoms with Gasteiger partial charge < -0.3 is 0 Å². The van der Waals surface area contributed by atoms with E-state index in [1.54, 1.807) is 20.8 Å². The first-order valence-electron chi connectivity index (χ1n) is 4.79. The minimum atomic E-state index is -3.30. The van der Waals surface area contributed by atoms with Crippen LogP contribution in [0.2, 0.25) is 0 Å². The molecule has 0 aliphatic heterocycles. The van der Waals surface area contributed by atoms with Crippen molar-refractivity contribution in [3.05, 3.63) is 0 Å². The highest BCUT2D eigenvalue weighted by atomic mass is 79.9. The van der Waals surface area contributed by atoms with Gasteiger partial charge in [0, 0.05) is 10.7 Å². The third-order valence-electron chi connectivity index (χ3n) is 2.35. The normalized spacial score (nSPS) is 14.3. The number of halogens is 2. The van der Waals surface area contributed by atoms with Crippen LogP contribution >= 0.6 is 31.9 Å². The Kier molecular flexibility index (Phi) is 5.79. The monoisotopic (exact) mass is 363 g/mol. The predicted octanol–water partition coefficient (Wildman–Crippen LogP) is 2.64. The second kappa shape index (κ2) is 5.47. The molecule has 0 heterocycles. The van der Waals surface area contributed by atoms with Crippen LogP contribution in [0.3, 0.4) is 0 Å². The van der Waals surface area contributed by atoms with E-state index in [0.29, 0.717) is 10.7 Å². The van der Waals surface area contributed by atoms with Crippen LogP contribution < -0.4 is 4.72 Å². The van der Waals surface area contributed by atoms with Crippen molar-refractivity contribution < 1.29 is 8.42 Å².